The fraction of sp³-hybridized carbons (Fsp3) is 0.289. The van der Waals surface area contributed by atoms with Gasteiger partial charge in [0, 0.05) is 30.8 Å². The summed E-state index contributed by atoms with van der Waals surface area (Å²) in [6.07, 6.45) is 0.488. The SMILES string of the molecule is C[C@H](NC(=O)c1ccc2c(-c3ccc(C(F)(F)F)cc3)cccc2c1)c1cccc(NCCCCCCCNc2cccc3c2C(=O)N(C2CCC(=O)NC2=O)C3=O)n1. The number of anilines is 2. The number of amides is 5. The third kappa shape index (κ3) is 9.11. The van der Waals surface area contributed by atoms with E-state index in [-0.39, 0.29) is 35.9 Å². The Bertz CT molecular complexity index is 2420. The number of fused-ring (bicyclic) bond motifs is 2. The molecule has 59 heavy (non-hydrogen) atoms. The van der Waals surface area contributed by atoms with Crippen molar-refractivity contribution in [3.8, 4) is 11.1 Å². The van der Waals surface area contributed by atoms with Gasteiger partial charge in [-0.1, -0.05) is 67.8 Å². The van der Waals surface area contributed by atoms with Crippen LogP contribution in [0.2, 0.25) is 0 Å². The number of alkyl halides is 3. The Morgan fingerprint density at radius 3 is 2.25 bits per heavy atom. The molecule has 2 aliphatic heterocycles. The lowest BCUT2D eigenvalue weighted by molar-refractivity contribution is -0.138. The van der Waals surface area contributed by atoms with Crippen LogP contribution < -0.4 is 21.3 Å². The van der Waals surface area contributed by atoms with Gasteiger partial charge in [0.1, 0.15) is 11.9 Å². The number of pyridine rings is 1. The molecule has 1 saturated heterocycles. The van der Waals surface area contributed by atoms with Crippen LogP contribution in [0.1, 0.15) is 100 Å². The average molecular weight is 805 g/mol. The van der Waals surface area contributed by atoms with Gasteiger partial charge < -0.3 is 16.0 Å². The van der Waals surface area contributed by atoms with E-state index in [1.165, 1.54) is 12.1 Å². The second kappa shape index (κ2) is 17.5. The summed E-state index contributed by atoms with van der Waals surface area (Å²) in [7, 11) is 0. The van der Waals surface area contributed by atoms with Crippen LogP contribution in [0.3, 0.4) is 0 Å². The molecule has 4 N–H and O–H groups in total. The number of piperidine rings is 1. The number of aromatic nitrogens is 1. The summed E-state index contributed by atoms with van der Waals surface area (Å²) < 4.78 is 39.2. The number of carbonyl (C=O) groups excluding carboxylic acids is 5. The van der Waals surface area contributed by atoms with Gasteiger partial charge >= 0.3 is 6.18 Å². The van der Waals surface area contributed by atoms with Crippen molar-refractivity contribution < 1.29 is 37.1 Å². The van der Waals surface area contributed by atoms with Gasteiger partial charge in [-0.25, -0.2) is 4.98 Å². The van der Waals surface area contributed by atoms with Crippen LogP contribution in [0.15, 0.2) is 97.1 Å². The van der Waals surface area contributed by atoms with E-state index in [1.807, 2.05) is 49.4 Å². The predicted molar refractivity (Wildman–Crippen MR) is 218 cm³/mol. The number of imide groups is 2. The van der Waals surface area contributed by atoms with Crippen LogP contribution >= 0.6 is 0 Å². The smallest absolute Gasteiger partial charge is 0.384 e. The first-order chi connectivity index (χ1) is 28.4. The molecule has 14 heteroatoms. The third-order valence-electron chi connectivity index (χ3n) is 10.7. The van der Waals surface area contributed by atoms with Crippen LogP contribution in [0, 0.1) is 0 Å². The van der Waals surface area contributed by atoms with Crippen molar-refractivity contribution >= 4 is 51.8 Å². The number of nitrogens with one attached hydrogen (secondary N) is 4. The van der Waals surface area contributed by atoms with E-state index in [0.29, 0.717) is 34.9 Å². The predicted octanol–water partition coefficient (Wildman–Crippen LogP) is 8.29. The number of rotatable bonds is 15. The number of carbonyl (C=O) groups is 5. The molecule has 7 rings (SSSR count). The molecule has 0 bridgehead atoms. The molecule has 3 heterocycles. The van der Waals surface area contributed by atoms with Crippen molar-refractivity contribution in [3.63, 3.8) is 0 Å². The minimum atomic E-state index is -4.41. The lowest BCUT2D eigenvalue weighted by Gasteiger charge is -2.27. The highest BCUT2D eigenvalue weighted by Crippen LogP contribution is 2.35. The van der Waals surface area contributed by atoms with Crippen molar-refractivity contribution in [1.29, 1.82) is 0 Å². The van der Waals surface area contributed by atoms with Gasteiger partial charge in [-0.3, -0.25) is 34.2 Å². The maximum absolute atomic E-state index is 13.3. The van der Waals surface area contributed by atoms with Crippen molar-refractivity contribution in [2.75, 3.05) is 23.7 Å². The molecule has 11 nitrogen and oxygen atoms in total. The van der Waals surface area contributed by atoms with Crippen LogP contribution in [0.5, 0.6) is 0 Å². The van der Waals surface area contributed by atoms with Gasteiger partial charge in [-0.15, -0.1) is 0 Å². The first-order valence-corrected chi connectivity index (χ1v) is 19.7. The normalized spacial score (nSPS) is 15.9. The van der Waals surface area contributed by atoms with E-state index in [4.69, 9.17) is 4.98 Å². The second-order valence-electron chi connectivity index (χ2n) is 14.8. The summed E-state index contributed by atoms with van der Waals surface area (Å²) >= 11 is 0. The first-order valence-electron chi connectivity index (χ1n) is 19.7. The van der Waals surface area contributed by atoms with E-state index >= 15 is 0 Å². The number of halogens is 3. The number of hydrogen-bond acceptors (Lipinski definition) is 8. The summed E-state index contributed by atoms with van der Waals surface area (Å²) in [6.45, 7) is 3.19. The summed E-state index contributed by atoms with van der Waals surface area (Å²) in [4.78, 5) is 69.3. The van der Waals surface area contributed by atoms with Gasteiger partial charge in [0.2, 0.25) is 11.8 Å². The van der Waals surface area contributed by atoms with Crippen LogP contribution in [0.25, 0.3) is 21.9 Å². The zero-order valence-electron chi connectivity index (χ0n) is 32.3. The van der Waals surface area contributed by atoms with E-state index < -0.39 is 41.4 Å². The molecule has 5 amide bonds. The molecule has 0 saturated carbocycles. The first kappa shape index (κ1) is 40.6. The lowest BCUT2D eigenvalue weighted by atomic mass is 9.96. The van der Waals surface area contributed by atoms with E-state index in [2.05, 4.69) is 21.3 Å². The zero-order valence-corrected chi connectivity index (χ0v) is 32.3. The van der Waals surface area contributed by atoms with Crippen molar-refractivity contribution in [1.82, 2.24) is 20.5 Å². The maximum atomic E-state index is 13.3. The van der Waals surface area contributed by atoms with Gasteiger partial charge in [-0.2, -0.15) is 13.2 Å². The highest BCUT2D eigenvalue weighted by atomic mass is 19.4. The molecule has 2 atom stereocenters. The molecule has 4 aromatic carbocycles. The van der Waals surface area contributed by atoms with Crippen LogP contribution in [-0.4, -0.2) is 58.6 Å². The minimum Gasteiger partial charge on any atom is -0.384 e. The quantitative estimate of drug-likeness (QED) is 0.0610. The molecule has 2 aliphatic rings. The molecule has 1 fully saturated rings. The summed E-state index contributed by atoms with van der Waals surface area (Å²) in [6, 6.07) is 25.1. The molecule has 0 aliphatic carbocycles. The Morgan fingerprint density at radius 2 is 1.51 bits per heavy atom. The van der Waals surface area contributed by atoms with Gasteiger partial charge in [0.05, 0.1) is 28.4 Å². The van der Waals surface area contributed by atoms with E-state index in [1.54, 1.807) is 30.3 Å². The topological polar surface area (TPSA) is 150 Å². The van der Waals surface area contributed by atoms with Crippen LogP contribution in [-0.2, 0) is 15.8 Å². The highest BCUT2D eigenvalue weighted by Gasteiger charge is 2.45. The Kier molecular flexibility index (Phi) is 12.1. The Balaban J connectivity index is 0.834. The number of nitrogens with zero attached hydrogens (tertiary/aromatic N) is 2. The van der Waals surface area contributed by atoms with Crippen molar-refractivity contribution in [3.05, 3.63) is 125 Å². The maximum Gasteiger partial charge on any atom is 0.416 e. The van der Waals surface area contributed by atoms with Gasteiger partial charge in [-0.05, 0) is 96.6 Å². The number of benzene rings is 4. The van der Waals surface area contributed by atoms with Crippen LogP contribution in [0.4, 0.5) is 24.7 Å². The largest absolute Gasteiger partial charge is 0.416 e. The third-order valence-corrected chi connectivity index (χ3v) is 10.7. The minimum absolute atomic E-state index is 0.0665. The average Bonchev–Trinajstić information content (AvgIpc) is 3.48. The van der Waals surface area contributed by atoms with Crippen molar-refractivity contribution in [2.24, 2.45) is 0 Å². The summed E-state index contributed by atoms with van der Waals surface area (Å²) in [5.74, 6) is -1.69. The highest BCUT2D eigenvalue weighted by molar-refractivity contribution is 6.25. The second-order valence-corrected chi connectivity index (χ2v) is 14.8. The number of unbranched alkanes of at least 4 members (excludes halogenated alkanes) is 4. The van der Waals surface area contributed by atoms with Crippen molar-refractivity contribution in [2.45, 2.75) is 70.1 Å². The lowest BCUT2D eigenvalue weighted by Crippen LogP contribution is -2.54. The zero-order chi connectivity index (χ0) is 41.7. The molecule has 1 unspecified atom stereocenters. The molecular formula is C45H43F3N6O5. The Morgan fingerprint density at radius 1 is 0.814 bits per heavy atom. The molecular weight excluding hydrogens is 762 g/mol. The van der Waals surface area contributed by atoms with E-state index in [0.717, 1.165) is 72.0 Å². The monoisotopic (exact) mass is 804 g/mol. The molecule has 1 aromatic heterocycles. The van der Waals surface area contributed by atoms with Gasteiger partial charge in [0.15, 0.2) is 0 Å². The molecule has 5 aromatic rings. The summed E-state index contributed by atoms with van der Waals surface area (Å²) in [5, 5.41) is 13.5. The number of hydrogen-bond donors (Lipinski definition) is 4. The molecule has 0 radical (unpaired) electrons. The standard InChI is InChI=1S/C45H43F3N6O5/c1-27(51-41(56)30-18-21-33-29(26-30)10-7-11-32(33)28-16-19-31(20-17-28)45(46,47)48)35-13-9-15-38(52-35)50-25-6-4-2-3-5-24-49-36-14-8-12-34-40(36)44(59)54(43(34)58)37-22-23-39(55)53-42(37)57/h7-21,26-27,37,49H,2-6,22-25H2,1H3,(H,50,52)(H,51,56)(H,53,55,57)/t27-,37?/m0/s1. The van der Waals surface area contributed by atoms with Gasteiger partial charge in [0.25, 0.3) is 17.7 Å². The molecule has 0 spiro atoms. The van der Waals surface area contributed by atoms with E-state index in [9.17, 15) is 37.1 Å². The fourth-order valence-electron chi connectivity index (χ4n) is 7.54. The Hall–Kier alpha value is -6.57. The fourth-order valence-corrected chi connectivity index (χ4v) is 7.54. The molecule has 304 valence electrons. The Labute approximate surface area is 338 Å². The summed E-state index contributed by atoms with van der Waals surface area (Å²) in [5.41, 5.74) is 2.91.